The topological polar surface area (TPSA) is 119 Å². The maximum absolute atomic E-state index is 12.3. The predicted molar refractivity (Wildman–Crippen MR) is 105 cm³/mol. The van der Waals surface area contributed by atoms with Gasteiger partial charge in [-0.3, -0.25) is 4.79 Å². The Morgan fingerprint density at radius 2 is 2.34 bits per heavy atom. The van der Waals surface area contributed by atoms with Gasteiger partial charge in [0, 0.05) is 42.5 Å². The van der Waals surface area contributed by atoms with Gasteiger partial charge in [0.2, 0.25) is 5.91 Å². The van der Waals surface area contributed by atoms with Gasteiger partial charge in [-0.15, -0.1) is 0 Å². The van der Waals surface area contributed by atoms with E-state index in [9.17, 15) is 9.90 Å². The van der Waals surface area contributed by atoms with E-state index in [1.165, 1.54) is 0 Å². The molecule has 3 aromatic heterocycles. The largest absolute Gasteiger partial charge is 0.388 e. The fourth-order valence-electron chi connectivity index (χ4n) is 4.32. The van der Waals surface area contributed by atoms with Crippen molar-refractivity contribution < 1.29 is 14.4 Å². The molecule has 0 bridgehead atoms. The van der Waals surface area contributed by atoms with E-state index >= 15 is 0 Å². The van der Waals surface area contributed by atoms with E-state index in [1.807, 2.05) is 23.2 Å². The zero-order chi connectivity index (χ0) is 20.4. The van der Waals surface area contributed by atoms with Crippen LogP contribution in [0.2, 0.25) is 0 Å². The van der Waals surface area contributed by atoms with Crippen LogP contribution in [-0.4, -0.2) is 44.1 Å². The fourth-order valence-corrected chi connectivity index (χ4v) is 4.32. The Labute approximate surface area is 168 Å². The van der Waals surface area contributed by atoms with E-state index in [0.717, 1.165) is 35.0 Å². The second kappa shape index (κ2) is 8.05. The standard InChI is InChI=1S/C21H23N5O3/c1-13-6-14(11-26(10-13)20(28)2-4-22)7-17-16-3-5-23-21(16)24-9-18(17)19-8-15(12-27)29-25-19/h3,5,8-9,13-14,27H,2,6-7,10-12H2,1H3,(H,23,24)/t13-,14-/m0/s1. The molecule has 4 rings (SSSR count). The summed E-state index contributed by atoms with van der Waals surface area (Å²) in [7, 11) is 0. The zero-order valence-corrected chi connectivity index (χ0v) is 16.3. The van der Waals surface area contributed by atoms with E-state index in [1.54, 1.807) is 12.3 Å². The smallest absolute Gasteiger partial charge is 0.236 e. The number of nitrogens with zero attached hydrogens (tertiary/aromatic N) is 4. The van der Waals surface area contributed by atoms with Gasteiger partial charge in [-0.1, -0.05) is 12.1 Å². The molecule has 0 radical (unpaired) electrons. The summed E-state index contributed by atoms with van der Waals surface area (Å²) in [4.78, 5) is 21.7. The number of aliphatic hydroxyl groups excluding tert-OH is 1. The number of likely N-dealkylation sites (tertiary alicyclic amines) is 1. The molecule has 0 aliphatic carbocycles. The van der Waals surface area contributed by atoms with Crippen LogP contribution < -0.4 is 0 Å². The van der Waals surface area contributed by atoms with Crippen LogP contribution in [0.25, 0.3) is 22.3 Å². The van der Waals surface area contributed by atoms with Gasteiger partial charge >= 0.3 is 0 Å². The Kier molecular flexibility index (Phi) is 5.32. The highest BCUT2D eigenvalue weighted by Gasteiger charge is 2.29. The van der Waals surface area contributed by atoms with Crippen LogP contribution in [0.1, 0.15) is 31.1 Å². The van der Waals surface area contributed by atoms with Gasteiger partial charge in [0.1, 0.15) is 24.4 Å². The van der Waals surface area contributed by atoms with Crippen LogP contribution in [0.3, 0.4) is 0 Å². The Bertz CT molecular complexity index is 1060. The number of carbonyl (C=O) groups excluding carboxylic acids is 1. The number of hydrogen-bond acceptors (Lipinski definition) is 6. The number of aliphatic hydroxyl groups is 1. The number of piperidine rings is 1. The molecular weight excluding hydrogens is 370 g/mol. The molecule has 1 saturated heterocycles. The number of H-pyrrole nitrogens is 1. The van der Waals surface area contributed by atoms with Crippen LogP contribution in [0, 0.1) is 23.2 Å². The molecule has 1 amide bonds. The number of pyridine rings is 1. The molecule has 2 N–H and O–H groups in total. The number of nitrogens with one attached hydrogen (secondary N) is 1. The lowest BCUT2D eigenvalue weighted by atomic mass is 9.84. The normalized spacial score (nSPS) is 19.4. The molecule has 1 aliphatic rings. The van der Waals surface area contributed by atoms with Gasteiger partial charge < -0.3 is 19.5 Å². The lowest BCUT2D eigenvalue weighted by Crippen LogP contribution is -2.43. The number of aromatic nitrogens is 3. The van der Waals surface area contributed by atoms with E-state index in [0.29, 0.717) is 30.5 Å². The molecule has 0 saturated carbocycles. The van der Waals surface area contributed by atoms with Crippen LogP contribution in [0.5, 0.6) is 0 Å². The molecule has 8 heteroatoms. The molecule has 2 atom stereocenters. The number of aromatic amines is 1. The Morgan fingerprint density at radius 1 is 1.48 bits per heavy atom. The minimum absolute atomic E-state index is 0.0785. The van der Waals surface area contributed by atoms with E-state index in [4.69, 9.17) is 9.78 Å². The maximum Gasteiger partial charge on any atom is 0.236 e. The first kappa shape index (κ1) is 19.2. The number of hydrogen-bond donors (Lipinski definition) is 2. The summed E-state index contributed by atoms with van der Waals surface area (Å²) < 4.78 is 5.18. The quantitative estimate of drug-likeness (QED) is 0.688. The molecule has 150 valence electrons. The van der Waals surface area contributed by atoms with E-state index in [2.05, 4.69) is 22.0 Å². The molecule has 8 nitrogen and oxygen atoms in total. The van der Waals surface area contributed by atoms with Crippen molar-refractivity contribution in [2.24, 2.45) is 11.8 Å². The molecule has 3 aromatic rings. The van der Waals surface area contributed by atoms with Crippen molar-refractivity contribution >= 4 is 16.9 Å². The van der Waals surface area contributed by atoms with Gasteiger partial charge in [0.25, 0.3) is 0 Å². The average Bonchev–Trinajstić information content (AvgIpc) is 3.37. The second-order valence-corrected chi connectivity index (χ2v) is 7.77. The lowest BCUT2D eigenvalue weighted by molar-refractivity contribution is -0.132. The molecule has 1 fully saturated rings. The molecule has 4 heterocycles. The van der Waals surface area contributed by atoms with Crippen molar-refractivity contribution in [3.63, 3.8) is 0 Å². The molecule has 0 unspecified atom stereocenters. The van der Waals surface area contributed by atoms with Gasteiger partial charge in [-0.25, -0.2) is 4.98 Å². The SMILES string of the molecule is C[C@H]1C[C@@H](Cc2c(-c3cc(CO)on3)cnc3[nH]ccc23)CN(C(=O)CC#N)C1. The highest BCUT2D eigenvalue weighted by atomic mass is 16.5. The maximum atomic E-state index is 12.3. The van der Waals surface area contributed by atoms with Gasteiger partial charge in [-0.2, -0.15) is 5.26 Å². The van der Waals surface area contributed by atoms with Crippen LogP contribution in [0.15, 0.2) is 29.0 Å². The van der Waals surface area contributed by atoms with E-state index in [-0.39, 0.29) is 24.9 Å². The number of fused-ring (bicyclic) bond motifs is 1. The van der Waals surface area contributed by atoms with Gasteiger partial charge in [-0.05, 0) is 36.3 Å². The lowest BCUT2D eigenvalue weighted by Gasteiger charge is -2.36. The summed E-state index contributed by atoms with van der Waals surface area (Å²) in [6, 6.07) is 5.69. The fraction of sp³-hybridized carbons (Fsp3) is 0.429. The third kappa shape index (κ3) is 3.87. The molecule has 1 aliphatic heterocycles. The summed E-state index contributed by atoms with van der Waals surface area (Å²) in [6.07, 6.45) is 5.32. The van der Waals surface area contributed by atoms with Crippen molar-refractivity contribution in [3.05, 3.63) is 35.9 Å². The minimum atomic E-state index is -0.210. The summed E-state index contributed by atoms with van der Waals surface area (Å²) in [5.41, 5.74) is 3.41. The van der Waals surface area contributed by atoms with Gasteiger partial charge in [0.05, 0.1) is 6.07 Å². The number of amides is 1. The highest BCUT2D eigenvalue weighted by Crippen LogP contribution is 2.33. The van der Waals surface area contributed by atoms with Crippen molar-refractivity contribution in [1.29, 1.82) is 5.26 Å². The number of nitriles is 1. The Balaban J connectivity index is 1.67. The van der Waals surface area contributed by atoms with Crippen molar-refractivity contribution in [2.45, 2.75) is 32.8 Å². The Morgan fingerprint density at radius 3 is 3.10 bits per heavy atom. The highest BCUT2D eigenvalue weighted by molar-refractivity contribution is 5.86. The van der Waals surface area contributed by atoms with Crippen molar-refractivity contribution in [2.75, 3.05) is 13.1 Å². The first-order valence-corrected chi connectivity index (χ1v) is 9.75. The first-order valence-electron chi connectivity index (χ1n) is 9.75. The van der Waals surface area contributed by atoms with E-state index < -0.39 is 0 Å². The summed E-state index contributed by atoms with van der Waals surface area (Å²) in [6.45, 7) is 3.27. The third-order valence-corrected chi connectivity index (χ3v) is 5.51. The monoisotopic (exact) mass is 393 g/mol. The molecule has 0 spiro atoms. The molecule has 29 heavy (non-hydrogen) atoms. The number of carbonyl (C=O) groups is 1. The second-order valence-electron chi connectivity index (χ2n) is 7.77. The predicted octanol–water partition coefficient (Wildman–Crippen LogP) is 2.65. The third-order valence-electron chi connectivity index (χ3n) is 5.51. The number of rotatable bonds is 5. The Hall–Kier alpha value is -3.18. The van der Waals surface area contributed by atoms with Gasteiger partial charge in [0.15, 0.2) is 5.76 Å². The average molecular weight is 393 g/mol. The summed E-state index contributed by atoms with van der Waals surface area (Å²) >= 11 is 0. The zero-order valence-electron chi connectivity index (χ0n) is 16.3. The van der Waals surface area contributed by atoms with Crippen LogP contribution in [-0.2, 0) is 17.8 Å². The van der Waals surface area contributed by atoms with Crippen LogP contribution >= 0.6 is 0 Å². The summed E-state index contributed by atoms with van der Waals surface area (Å²) in [5, 5.41) is 23.3. The molecule has 0 aromatic carbocycles. The minimum Gasteiger partial charge on any atom is -0.388 e. The summed E-state index contributed by atoms with van der Waals surface area (Å²) in [5.74, 6) is 0.941. The van der Waals surface area contributed by atoms with Crippen molar-refractivity contribution in [3.8, 4) is 17.3 Å². The van der Waals surface area contributed by atoms with Crippen LogP contribution in [0.4, 0.5) is 0 Å². The first-order chi connectivity index (χ1) is 14.1. The van der Waals surface area contributed by atoms with Crippen molar-refractivity contribution in [1.82, 2.24) is 20.0 Å². The molecular formula is C21H23N5O3.